The molecule has 5 nitrogen and oxygen atoms in total. The molecule has 1 aliphatic carbocycles. The van der Waals surface area contributed by atoms with E-state index < -0.39 is 0 Å². The Bertz CT molecular complexity index is 897. The van der Waals surface area contributed by atoms with Gasteiger partial charge < -0.3 is 9.42 Å². The molecule has 3 fully saturated rings. The molecule has 2 aliphatic heterocycles. The lowest BCUT2D eigenvalue weighted by Gasteiger charge is -2.50. The first kappa shape index (κ1) is 17.3. The van der Waals surface area contributed by atoms with E-state index >= 15 is 0 Å². The van der Waals surface area contributed by atoms with Gasteiger partial charge in [-0.15, -0.1) is 0 Å². The van der Waals surface area contributed by atoms with Crippen molar-refractivity contribution in [3.05, 3.63) is 41.1 Å². The second kappa shape index (κ2) is 6.08. The Labute approximate surface area is 164 Å². The van der Waals surface area contributed by atoms with Gasteiger partial charge in [-0.25, -0.2) is 0 Å². The quantitative estimate of drug-likeness (QED) is 0.781. The Morgan fingerprint density at radius 2 is 2.07 bits per heavy atom. The summed E-state index contributed by atoms with van der Waals surface area (Å²) < 4.78 is 5.46. The number of rotatable bonds is 2. The predicted molar refractivity (Wildman–Crippen MR) is 104 cm³/mol. The van der Waals surface area contributed by atoms with E-state index in [0.717, 1.165) is 18.5 Å². The van der Waals surface area contributed by atoms with Crippen LogP contribution in [0, 0.1) is 5.41 Å². The van der Waals surface area contributed by atoms with Gasteiger partial charge in [0.15, 0.2) is 0 Å². The monoisotopic (exact) mass is 385 g/mol. The maximum Gasteiger partial charge on any atom is 0.292 e. The first-order valence-electron chi connectivity index (χ1n) is 9.73. The van der Waals surface area contributed by atoms with Crippen LogP contribution < -0.4 is 0 Å². The van der Waals surface area contributed by atoms with Crippen LogP contribution in [0.1, 0.15) is 43.2 Å². The van der Waals surface area contributed by atoms with E-state index in [9.17, 15) is 4.79 Å². The number of hydrogen-bond acceptors (Lipinski definition) is 4. The van der Waals surface area contributed by atoms with Gasteiger partial charge in [-0.1, -0.05) is 41.9 Å². The summed E-state index contributed by atoms with van der Waals surface area (Å²) in [6.07, 6.45) is 4.67. The summed E-state index contributed by atoms with van der Waals surface area (Å²) in [7, 11) is 2.22. The largest absolute Gasteiger partial charge is 0.350 e. The summed E-state index contributed by atoms with van der Waals surface area (Å²) >= 11 is 6.26. The average molecular weight is 386 g/mol. The van der Waals surface area contributed by atoms with E-state index in [2.05, 4.69) is 28.9 Å². The maximum atomic E-state index is 13.3. The Balaban J connectivity index is 1.46. The second-order valence-corrected chi connectivity index (χ2v) is 8.91. The Hall–Kier alpha value is -1.85. The van der Waals surface area contributed by atoms with Crippen LogP contribution >= 0.6 is 11.6 Å². The van der Waals surface area contributed by atoms with Crippen LogP contribution in [0.5, 0.6) is 0 Å². The van der Waals surface area contributed by atoms with E-state index in [0.29, 0.717) is 28.6 Å². The minimum atomic E-state index is -0.0438. The van der Waals surface area contributed by atoms with Crippen molar-refractivity contribution in [1.29, 1.82) is 0 Å². The van der Waals surface area contributed by atoms with E-state index in [1.807, 2.05) is 24.3 Å². The average Bonchev–Trinajstić information content (AvgIpc) is 3.23. The molecule has 0 spiro atoms. The summed E-state index contributed by atoms with van der Waals surface area (Å²) in [6.45, 7) is 3.14. The molecule has 3 heterocycles. The molecule has 3 aliphatic rings. The molecule has 5 rings (SSSR count). The molecular weight excluding hydrogens is 362 g/mol. The second-order valence-electron chi connectivity index (χ2n) is 8.51. The standard InChI is InChI=1S/C21H24ClN3O2/c1-21-11-13-12-25(19(21)9-5-8-18(21)24(13)2)20(26)17-10-16(23-27-17)14-6-3-4-7-15(14)22/h3-4,6-7,10,13,18-19H,5,8-9,11-12H2,1-2H3/t13-,18-,19+,21-/m0/s1. The van der Waals surface area contributed by atoms with Crippen molar-refractivity contribution >= 4 is 17.5 Å². The van der Waals surface area contributed by atoms with Crippen molar-refractivity contribution in [2.75, 3.05) is 13.6 Å². The molecule has 4 atom stereocenters. The molecule has 6 heteroatoms. The minimum Gasteiger partial charge on any atom is -0.350 e. The van der Waals surface area contributed by atoms with Gasteiger partial charge in [-0.2, -0.15) is 0 Å². The lowest BCUT2D eigenvalue weighted by Crippen LogP contribution is -2.57. The zero-order valence-electron chi connectivity index (χ0n) is 15.7. The van der Waals surface area contributed by atoms with Gasteiger partial charge in [0.25, 0.3) is 5.91 Å². The number of carbonyl (C=O) groups excluding carboxylic acids is 1. The molecular formula is C21H24ClN3O2. The van der Waals surface area contributed by atoms with Gasteiger partial charge >= 0.3 is 0 Å². The van der Waals surface area contributed by atoms with Gasteiger partial charge in [-0.3, -0.25) is 9.69 Å². The van der Waals surface area contributed by atoms with Crippen LogP contribution in [0.25, 0.3) is 11.3 Å². The fourth-order valence-corrected chi connectivity index (χ4v) is 6.06. The van der Waals surface area contributed by atoms with Crippen LogP contribution in [-0.4, -0.2) is 52.6 Å². The van der Waals surface area contributed by atoms with Gasteiger partial charge in [0.2, 0.25) is 5.76 Å². The number of nitrogens with zero attached hydrogens (tertiary/aromatic N) is 3. The van der Waals surface area contributed by atoms with Crippen LogP contribution in [-0.2, 0) is 0 Å². The van der Waals surface area contributed by atoms with Gasteiger partial charge in [0.05, 0.1) is 5.02 Å². The molecule has 0 unspecified atom stereocenters. The van der Waals surface area contributed by atoms with Crippen molar-refractivity contribution in [3.63, 3.8) is 0 Å². The highest BCUT2D eigenvalue weighted by Gasteiger charge is 2.59. The Morgan fingerprint density at radius 1 is 1.30 bits per heavy atom. The van der Waals surface area contributed by atoms with Crippen LogP contribution in [0.2, 0.25) is 5.02 Å². The molecule has 0 radical (unpaired) electrons. The SMILES string of the molecule is CN1[C@@H]2CN(C(=O)c3cc(-c4ccccc4Cl)no3)[C@@H]3CCC[C@H]1[C@]3(C)C2. The highest BCUT2D eigenvalue weighted by Crippen LogP contribution is 2.53. The van der Waals surface area contributed by atoms with Gasteiger partial charge in [0.1, 0.15) is 5.69 Å². The molecule has 1 amide bonds. The van der Waals surface area contributed by atoms with Crippen molar-refractivity contribution in [2.24, 2.45) is 5.41 Å². The number of aromatic nitrogens is 1. The third-order valence-electron chi connectivity index (χ3n) is 7.14. The first-order valence-corrected chi connectivity index (χ1v) is 10.1. The van der Waals surface area contributed by atoms with E-state index in [1.165, 1.54) is 19.3 Å². The number of piperidine rings is 1. The van der Waals surface area contributed by atoms with Gasteiger partial charge in [-0.05, 0) is 38.8 Å². The van der Waals surface area contributed by atoms with Crippen molar-refractivity contribution in [3.8, 4) is 11.3 Å². The Morgan fingerprint density at radius 3 is 2.89 bits per heavy atom. The number of benzene rings is 1. The molecule has 142 valence electrons. The molecule has 0 N–H and O–H groups in total. The summed E-state index contributed by atoms with van der Waals surface area (Å²) in [5.41, 5.74) is 1.57. The van der Waals surface area contributed by atoms with Crippen LogP contribution in [0.15, 0.2) is 34.9 Å². The lowest BCUT2D eigenvalue weighted by molar-refractivity contribution is 0.00920. The highest BCUT2D eigenvalue weighted by molar-refractivity contribution is 6.33. The number of fused-ring (bicyclic) bond motifs is 1. The van der Waals surface area contributed by atoms with Crippen LogP contribution in [0.3, 0.4) is 0 Å². The summed E-state index contributed by atoms with van der Waals surface area (Å²) in [4.78, 5) is 17.9. The van der Waals surface area contributed by atoms with Crippen LogP contribution in [0.4, 0.5) is 0 Å². The van der Waals surface area contributed by atoms with E-state index in [1.54, 1.807) is 6.07 Å². The smallest absolute Gasteiger partial charge is 0.292 e. The molecule has 1 aromatic heterocycles. The summed E-state index contributed by atoms with van der Waals surface area (Å²) in [6, 6.07) is 10.5. The normalized spacial score (nSPS) is 32.7. The molecule has 2 aromatic rings. The number of hydrogen-bond donors (Lipinski definition) is 0. The summed E-state index contributed by atoms with van der Waals surface area (Å²) in [5, 5.41) is 4.71. The number of halogens is 1. The third kappa shape index (κ3) is 2.48. The predicted octanol–water partition coefficient (Wildman–Crippen LogP) is 4.08. The fraction of sp³-hybridized carbons (Fsp3) is 0.524. The third-order valence-corrected chi connectivity index (χ3v) is 7.47. The summed E-state index contributed by atoms with van der Waals surface area (Å²) in [5.74, 6) is 0.261. The zero-order chi connectivity index (χ0) is 18.8. The van der Waals surface area contributed by atoms with Crippen molar-refractivity contribution < 1.29 is 9.32 Å². The topological polar surface area (TPSA) is 49.6 Å². The fourth-order valence-electron chi connectivity index (χ4n) is 5.83. The molecule has 1 aromatic carbocycles. The van der Waals surface area contributed by atoms with Gasteiger partial charge in [0, 0.05) is 41.7 Å². The van der Waals surface area contributed by atoms with Crippen molar-refractivity contribution in [1.82, 2.24) is 15.0 Å². The maximum absolute atomic E-state index is 13.3. The molecule has 2 saturated heterocycles. The van der Waals surface area contributed by atoms with E-state index in [-0.39, 0.29) is 17.4 Å². The zero-order valence-corrected chi connectivity index (χ0v) is 16.4. The Kier molecular flexibility index (Phi) is 3.89. The minimum absolute atomic E-state index is 0.0438. The van der Waals surface area contributed by atoms with Crippen molar-refractivity contribution in [2.45, 2.75) is 50.7 Å². The van der Waals surface area contributed by atoms with E-state index in [4.69, 9.17) is 16.1 Å². The number of carbonyl (C=O) groups is 1. The number of amides is 1. The highest BCUT2D eigenvalue weighted by atomic mass is 35.5. The first-order chi connectivity index (χ1) is 13.0. The molecule has 2 bridgehead atoms. The lowest BCUT2D eigenvalue weighted by atomic mass is 9.66. The molecule has 1 saturated carbocycles. The molecule has 27 heavy (non-hydrogen) atoms. The number of likely N-dealkylation sites (tertiary alicyclic amines) is 2. The number of likely N-dealkylation sites (N-methyl/N-ethyl adjacent to an activating group) is 1.